The molecule has 1 heterocycles. The molecule has 108 valence electrons. The van der Waals surface area contributed by atoms with Gasteiger partial charge in [-0.05, 0) is 31.4 Å². The number of hydrogen-bond donors (Lipinski definition) is 2. The summed E-state index contributed by atoms with van der Waals surface area (Å²) >= 11 is 0. The lowest BCUT2D eigenvalue weighted by Gasteiger charge is -2.34. The van der Waals surface area contributed by atoms with Crippen molar-refractivity contribution in [3.8, 4) is 0 Å². The van der Waals surface area contributed by atoms with Gasteiger partial charge in [-0.15, -0.1) is 0 Å². The number of hydrogen-bond acceptors (Lipinski definition) is 2. The Kier molecular flexibility index (Phi) is 3.92. The molecule has 2 fully saturated rings. The van der Waals surface area contributed by atoms with Gasteiger partial charge in [0.1, 0.15) is 0 Å². The molecule has 4 heteroatoms. The van der Waals surface area contributed by atoms with Crippen molar-refractivity contribution in [1.29, 1.82) is 0 Å². The molecule has 2 aliphatic rings. The summed E-state index contributed by atoms with van der Waals surface area (Å²) in [5, 5.41) is 3.08. The summed E-state index contributed by atoms with van der Waals surface area (Å²) in [5.41, 5.74) is 2.68. The fourth-order valence-electron chi connectivity index (χ4n) is 2.89. The number of aryl methyl sites for hydroxylation is 1. The van der Waals surface area contributed by atoms with Gasteiger partial charge in [0.25, 0.3) is 5.91 Å². The smallest absolute Gasteiger partial charge is 0.275 e. The van der Waals surface area contributed by atoms with Gasteiger partial charge in [0.15, 0.2) is 6.54 Å². The van der Waals surface area contributed by atoms with Crippen LogP contribution in [-0.4, -0.2) is 44.7 Å². The summed E-state index contributed by atoms with van der Waals surface area (Å²) in [6.07, 6.45) is 2.34. The van der Waals surface area contributed by atoms with E-state index < -0.39 is 0 Å². The molecule has 20 heavy (non-hydrogen) atoms. The molecule has 1 saturated heterocycles. The van der Waals surface area contributed by atoms with Crippen molar-refractivity contribution in [3.63, 3.8) is 0 Å². The summed E-state index contributed by atoms with van der Waals surface area (Å²) < 4.78 is 0. The van der Waals surface area contributed by atoms with E-state index in [4.69, 9.17) is 0 Å². The molecular formula is C16H24N3O+. The van der Waals surface area contributed by atoms with Crippen molar-refractivity contribution in [2.24, 2.45) is 0 Å². The topological polar surface area (TPSA) is 36.8 Å². The van der Waals surface area contributed by atoms with E-state index in [1.165, 1.54) is 29.0 Å². The summed E-state index contributed by atoms with van der Waals surface area (Å²) in [4.78, 5) is 15.7. The minimum absolute atomic E-state index is 0.229. The second-order valence-corrected chi connectivity index (χ2v) is 6.04. The van der Waals surface area contributed by atoms with E-state index in [0.29, 0.717) is 12.6 Å². The lowest BCUT2D eigenvalue weighted by atomic mass is 10.1. The molecule has 1 aliphatic carbocycles. The third-order valence-electron chi connectivity index (χ3n) is 4.28. The predicted octanol–water partition coefficient (Wildman–Crippen LogP) is -0.0215. The Morgan fingerprint density at radius 2 is 2.00 bits per heavy atom. The van der Waals surface area contributed by atoms with Crippen molar-refractivity contribution < 1.29 is 9.69 Å². The maximum absolute atomic E-state index is 11.8. The van der Waals surface area contributed by atoms with Crippen LogP contribution in [0.1, 0.15) is 18.4 Å². The lowest BCUT2D eigenvalue weighted by molar-refractivity contribution is -0.892. The number of carbonyl (C=O) groups is 1. The van der Waals surface area contributed by atoms with Gasteiger partial charge in [0.2, 0.25) is 0 Å². The van der Waals surface area contributed by atoms with Crippen LogP contribution in [-0.2, 0) is 4.79 Å². The molecule has 1 aromatic carbocycles. The highest BCUT2D eigenvalue weighted by atomic mass is 16.2. The standard InChI is InChI=1S/C16H23N3O/c1-13-4-2-3-5-15(13)19-10-8-18(9-11-19)12-16(20)17-14-6-7-14/h2-5,14H,6-12H2,1H3,(H,17,20)/p+1. The van der Waals surface area contributed by atoms with Gasteiger partial charge in [-0.25, -0.2) is 0 Å². The number of rotatable bonds is 4. The first kappa shape index (κ1) is 13.4. The Morgan fingerprint density at radius 1 is 1.30 bits per heavy atom. The molecule has 1 aliphatic heterocycles. The quantitative estimate of drug-likeness (QED) is 0.809. The summed E-state index contributed by atoms with van der Waals surface area (Å²) in [6.45, 7) is 6.97. The summed E-state index contributed by atoms with van der Waals surface area (Å²) in [6, 6.07) is 9.03. The highest BCUT2D eigenvalue weighted by molar-refractivity contribution is 5.77. The number of nitrogens with zero attached hydrogens (tertiary/aromatic N) is 1. The summed E-state index contributed by atoms with van der Waals surface area (Å²) in [5.74, 6) is 0.229. The van der Waals surface area contributed by atoms with Crippen LogP contribution >= 0.6 is 0 Å². The van der Waals surface area contributed by atoms with Crippen molar-refractivity contribution in [2.75, 3.05) is 37.6 Å². The molecule has 3 rings (SSSR count). The second-order valence-electron chi connectivity index (χ2n) is 6.04. The molecule has 2 N–H and O–H groups in total. The minimum Gasteiger partial charge on any atom is -0.360 e. The van der Waals surface area contributed by atoms with Gasteiger partial charge in [0, 0.05) is 11.7 Å². The minimum atomic E-state index is 0.229. The van der Waals surface area contributed by atoms with E-state index >= 15 is 0 Å². The Morgan fingerprint density at radius 3 is 2.65 bits per heavy atom. The molecule has 1 aromatic rings. The first-order valence-electron chi connectivity index (χ1n) is 7.66. The van der Waals surface area contributed by atoms with E-state index in [0.717, 1.165) is 26.2 Å². The fourth-order valence-corrected chi connectivity index (χ4v) is 2.89. The number of benzene rings is 1. The van der Waals surface area contributed by atoms with Crippen LogP contribution in [0.25, 0.3) is 0 Å². The molecule has 0 radical (unpaired) electrons. The Hall–Kier alpha value is -1.55. The van der Waals surface area contributed by atoms with Crippen molar-refractivity contribution in [1.82, 2.24) is 5.32 Å². The zero-order valence-electron chi connectivity index (χ0n) is 12.2. The van der Waals surface area contributed by atoms with Gasteiger partial charge in [-0.3, -0.25) is 4.79 Å². The highest BCUT2D eigenvalue weighted by Gasteiger charge is 2.27. The molecule has 0 atom stereocenters. The largest absolute Gasteiger partial charge is 0.360 e. The normalized spacial score (nSPS) is 19.9. The van der Waals surface area contributed by atoms with Gasteiger partial charge in [-0.2, -0.15) is 0 Å². The third kappa shape index (κ3) is 3.31. The lowest BCUT2D eigenvalue weighted by Crippen LogP contribution is -3.16. The Balaban J connectivity index is 1.49. The average molecular weight is 274 g/mol. The molecule has 1 amide bonds. The first-order chi connectivity index (χ1) is 9.72. The van der Waals surface area contributed by atoms with Crippen LogP contribution in [0.2, 0.25) is 0 Å². The van der Waals surface area contributed by atoms with Gasteiger partial charge in [-0.1, -0.05) is 18.2 Å². The number of nitrogens with one attached hydrogen (secondary N) is 2. The van der Waals surface area contributed by atoms with Crippen LogP contribution in [0.3, 0.4) is 0 Å². The molecule has 1 saturated carbocycles. The van der Waals surface area contributed by atoms with Crippen molar-refractivity contribution in [3.05, 3.63) is 29.8 Å². The number of carbonyl (C=O) groups excluding carboxylic acids is 1. The van der Waals surface area contributed by atoms with Gasteiger partial charge >= 0.3 is 0 Å². The highest BCUT2D eigenvalue weighted by Crippen LogP contribution is 2.19. The molecule has 0 bridgehead atoms. The first-order valence-corrected chi connectivity index (χ1v) is 7.66. The number of anilines is 1. The third-order valence-corrected chi connectivity index (χ3v) is 4.28. The Labute approximate surface area is 120 Å². The second kappa shape index (κ2) is 5.83. The van der Waals surface area contributed by atoms with Crippen molar-refractivity contribution in [2.45, 2.75) is 25.8 Å². The van der Waals surface area contributed by atoms with E-state index in [2.05, 4.69) is 41.4 Å². The van der Waals surface area contributed by atoms with Gasteiger partial charge < -0.3 is 15.1 Å². The Bertz CT molecular complexity index is 476. The van der Waals surface area contributed by atoms with Crippen LogP contribution in [0.5, 0.6) is 0 Å². The SMILES string of the molecule is Cc1ccccc1N1CC[NH+](CC(=O)NC2CC2)CC1. The fraction of sp³-hybridized carbons (Fsp3) is 0.562. The van der Waals surface area contributed by atoms with Crippen molar-refractivity contribution >= 4 is 11.6 Å². The number of piperazine rings is 1. The van der Waals surface area contributed by atoms with Gasteiger partial charge in [0.05, 0.1) is 26.2 Å². The predicted molar refractivity (Wildman–Crippen MR) is 80.1 cm³/mol. The number of quaternary nitrogens is 1. The van der Waals surface area contributed by atoms with E-state index in [-0.39, 0.29) is 5.91 Å². The zero-order valence-corrected chi connectivity index (χ0v) is 12.2. The van der Waals surface area contributed by atoms with Crippen LogP contribution in [0.4, 0.5) is 5.69 Å². The van der Waals surface area contributed by atoms with Crippen LogP contribution in [0, 0.1) is 6.92 Å². The number of amides is 1. The molecule has 4 nitrogen and oxygen atoms in total. The molecule has 0 unspecified atom stereocenters. The maximum atomic E-state index is 11.8. The molecule has 0 aromatic heterocycles. The zero-order chi connectivity index (χ0) is 13.9. The maximum Gasteiger partial charge on any atom is 0.275 e. The van der Waals surface area contributed by atoms with Crippen LogP contribution < -0.4 is 15.1 Å². The van der Waals surface area contributed by atoms with E-state index in [1.54, 1.807) is 0 Å². The average Bonchev–Trinajstić information content (AvgIpc) is 3.24. The van der Waals surface area contributed by atoms with Crippen LogP contribution in [0.15, 0.2) is 24.3 Å². The molecule has 0 spiro atoms. The number of para-hydroxylation sites is 1. The van der Waals surface area contributed by atoms with E-state index in [9.17, 15) is 4.79 Å². The molecular weight excluding hydrogens is 250 g/mol. The van der Waals surface area contributed by atoms with E-state index in [1.807, 2.05) is 0 Å². The monoisotopic (exact) mass is 274 g/mol. The summed E-state index contributed by atoms with van der Waals surface area (Å²) in [7, 11) is 0.